The van der Waals surface area contributed by atoms with Crippen molar-refractivity contribution in [3.05, 3.63) is 35.4 Å². The fourth-order valence-corrected chi connectivity index (χ4v) is 1.94. The first-order valence-electron chi connectivity index (χ1n) is 8.26. The number of hydrogen-bond acceptors (Lipinski definition) is 4. The SMILES string of the molecule is COCCNC(N)=NCc1ccc(CN(C)C(=O)OC(C)(C)C)cc1.I. The number of nitrogens with zero attached hydrogens (tertiary/aromatic N) is 2. The van der Waals surface area contributed by atoms with Crippen LogP contribution in [0.5, 0.6) is 0 Å². The molecule has 0 saturated carbocycles. The fraction of sp³-hybridized carbons (Fsp3) is 0.556. The summed E-state index contributed by atoms with van der Waals surface area (Å²) in [7, 11) is 3.36. The van der Waals surface area contributed by atoms with Gasteiger partial charge >= 0.3 is 6.09 Å². The van der Waals surface area contributed by atoms with E-state index in [1.54, 1.807) is 19.1 Å². The van der Waals surface area contributed by atoms with Crippen molar-refractivity contribution in [2.24, 2.45) is 10.7 Å². The molecule has 0 unspecified atom stereocenters. The molecule has 26 heavy (non-hydrogen) atoms. The Hall–Kier alpha value is -1.55. The Kier molecular flexibility index (Phi) is 11.2. The summed E-state index contributed by atoms with van der Waals surface area (Å²) in [5, 5.41) is 2.97. The zero-order valence-corrected chi connectivity index (χ0v) is 18.6. The number of guanidine groups is 1. The number of carbonyl (C=O) groups excluding carboxylic acids is 1. The first-order chi connectivity index (χ1) is 11.7. The molecule has 0 aromatic heterocycles. The minimum Gasteiger partial charge on any atom is -0.444 e. The molecule has 0 aliphatic heterocycles. The van der Waals surface area contributed by atoms with Gasteiger partial charge in [0.2, 0.25) is 0 Å². The molecular formula is C18H31IN4O3. The van der Waals surface area contributed by atoms with Gasteiger partial charge in [0, 0.05) is 27.2 Å². The highest BCUT2D eigenvalue weighted by atomic mass is 127. The molecule has 0 bridgehead atoms. The third kappa shape index (κ3) is 10.4. The van der Waals surface area contributed by atoms with Crippen molar-refractivity contribution in [1.29, 1.82) is 0 Å². The van der Waals surface area contributed by atoms with Gasteiger partial charge in [-0.2, -0.15) is 0 Å². The first-order valence-corrected chi connectivity index (χ1v) is 8.26. The van der Waals surface area contributed by atoms with Crippen LogP contribution < -0.4 is 11.1 Å². The number of nitrogens with two attached hydrogens (primary N) is 1. The average Bonchev–Trinajstić information content (AvgIpc) is 2.53. The van der Waals surface area contributed by atoms with Crippen molar-refractivity contribution >= 4 is 36.0 Å². The molecule has 0 fully saturated rings. The Morgan fingerprint density at radius 3 is 2.35 bits per heavy atom. The summed E-state index contributed by atoms with van der Waals surface area (Å²) in [6, 6.07) is 7.90. The lowest BCUT2D eigenvalue weighted by Crippen LogP contribution is -2.34. The van der Waals surface area contributed by atoms with Crippen LogP contribution in [0.3, 0.4) is 0 Å². The molecule has 1 amide bonds. The van der Waals surface area contributed by atoms with Crippen LogP contribution in [0.2, 0.25) is 0 Å². The Morgan fingerprint density at radius 2 is 1.81 bits per heavy atom. The third-order valence-corrected chi connectivity index (χ3v) is 3.19. The maximum absolute atomic E-state index is 12.0. The van der Waals surface area contributed by atoms with Crippen LogP contribution in [0.4, 0.5) is 4.79 Å². The minimum absolute atomic E-state index is 0. The van der Waals surface area contributed by atoms with E-state index < -0.39 is 5.60 Å². The van der Waals surface area contributed by atoms with Crippen molar-refractivity contribution in [2.45, 2.75) is 39.5 Å². The molecule has 1 rings (SSSR count). The number of amides is 1. The number of ether oxygens (including phenoxy) is 2. The monoisotopic (exact) mass is 478 g/mol. The Labute approximate surface area is 173 Å². The summed E-state index contributed by atoms with van der Waals surface area (Å²) >= 11 is 0. The lowest BCUT2D eigenvalue weighted by atomic mass is 10.1. The number of hydrogen-bond donors (Lipinski definition) is 2. The molecule has 0 radical (unpaired) electrons. The summed E-state index contributed by atoms with van der Waals surface area (Å²) in [5.41, 5.74) is 7.33. The Bertz CT molecular complexity index is 571. The van der Waals surface area contributed by atoms with Crippen LogP contribution in [-0.2, 0) is 22.6 Å². The largest absolute Gasteiger partial charge is 0.444 e. The number of aliphatic imine (C=N–C) groups is 1. The van der Waals surface area contributed by atoms with Gasteiger partial charge in [-0.25, -0.2) is 9.79 Å². The van der Waals surface area contributed by atoms with E-state index in [0.29, 0.717) is 32.2 Å². The number of nitrogens with one attached hydrogen (secondary N) is 1. The van der Waals surface area contributed by atoms with Gasteiger partial charge in [0.1, 0.15) is 5.60 Å². The van der Waals surface area contributed by atoms with Crippen LogP contribution in [0.1, 0.15) is 31.9 Å². The number of methoxy groups -OCH3 is 1. The summed E-state index contributed by atoms with van der Waals surface area (Å²) in [5.74, 6) is 0.394. The molecule has 3 N–H and O–H groups in total. The van der Waals surface area contributed by atoms with Crippen LogP contribution in [0.15, 0.2) is 29.3 Å². The van der Waals surface area contributed by atoms with Gasteiger partial charge < -0.3 is 25.4 Å². The molecule has 0 aliphatic carbocycles. The summed E-state index contributed by atoms with van der Waals surface area (Å²) in [4.78, 5) is 17.8. The van der Waals surface area contributed by atoms with E-state index in [1.807, 2.05) is 45.0 Å². The van der Waals surface area contributed by atoms with Crippen LogP contribution in [0.25, 0.3) is 0 Å². The van der Waals surface area contributed by atoms with Gasteiger partial charge in [-0.1, -0.05) is 24.3 Å². The van der Waals surface area contributed by atoms with Crippen molar-refractivity contribution < 1.29 is 14.3 Å². The van der Waals surface area contributed by atoms with Crippen molar-refractivity contribution in [3.8, 4) is 0 Å². The summed E-state index contributed by atoms with van der Waals surface area (Å²) < 4.78 is 10.3. The van der Waals surface area contributed by atoms with E-state index in [-0.39, 0.29) is 30.1 Å². The van der Waals surface area contributed by atoms with E-state index >= 15 is 0 Å². The van der Waals surface area contributed by atoms with Crippen molar-refractivity contribution in [3.63, 3.8) is 0 Å². The van der Waals surface area contributed by atoms with Gasteiger partial charge in [-0.15, -0.1) is 24.0 Å². The van der Waals surface area contributed by atoms with Crippen LogP contribution in [-0.4, -0.2) is 49.9 Å². The maximum atomic E-state index is 12.0. The zero-order valence-electron chi connectivity index (χ0n) is 16.2. The molecule has 0 spiro atoms. The lowest BCUT2D eigenvalue weighted by molar-refractivity contribution is 0.0285. The molecule has 7 nitrogen and oxygen atoms in total. The highest BCUT2D eigenvalue weighted by Crippen LogP contribution is 2.12. The summed E-state index contributed by atoms with van der Waals surface area (Å²) in [6.07, 6.45) is -0.337. The van der Waals surface area contributed by atoms with Gasteiger partial charge in [-0.05, 0) is 31.9 Å². The lowest BCUT2D eigenvalue weighted by Gasteiger charge is -2.24. The Balaban J connectivity index is 0.00000625. The van der Waals surface area contributed by atoms with E-state index in [4.69, 9.17) is 15.2 Å². The maximum Gasteiger partial charge on any atom is 0.410 e. The predicted octanol–water partition coefficient (Wildman–Crippen LogP) is 2.72. The third-order valence-electron chi connectivity index (χ3n) is 3.19. The standard InChI is InChI=1S/C18H30N4O3.HI/c1-18(2,3)25-17(23)22(4)13-15-8-6-14(7-9-15)12-21-16(19)20-10-11-24-5;/h6-9H,10-13H2,1-5H3,(H3,19,20,21);1H. The topological polar surface area (TPSA) is 89.2 Å². The number of benzene rings is 1. The number of carbonyl (C=O) groups is 1. The molecule has 8 heteroatoms. The van der Waals surface area contributed by atoms with Crippen LogP contribution in [0, 0.1) is 0 Å². The second-order valence-electron chi connectivity index (χ2n) is 6.77. The number of halogens is 1. The average molecular weight is 478 g/mol. The van der Waals surface area contributed by atoms with Crippen molar-refractivity contribution in [1.82, 2.24) is 10.2 Å². The van der Waals surface area contributed by atoms with E-state index in [9.17, 15) is 4.79 Å². The zero-order chi connectivity index (χ0) is 18.9. The van der Waals surface area contributed by atoms with Gasteiger partial charge in [-0.3, -0.25) is 0 Å². The first kappa shape index (κ1) is 24.5. The molecule has 0 saturated heterocycles. The molecule has 0 aliphatic rings. The Morgan fingerprint density at radius 1 is 1.23 bits per heavy atom. The van der Waals surface area contributed by atoms with E-state index in [2.05, 4.69) is 10.3 Å². The minimum atomic E-state index is -0.496. The van der Waals surface area contributed by atoms with E-state index in [0.717, 1.165) is 11.1 Å². The molecule has 1 aromatic carbocycles. The highest BCUT2D eigenvalue weighted by molar-refractivity contribution is 14.0. The quantitative estimate of drug-likeness (QED) is 0.272. The summed E-state index contributed by atoms with van der Waals surface area (Å²) in [6.45, 7) is 7.74. The normalized spacial score (nSPS) is 11.5. The molecule has 148 valence electrons. The van der Waals surface area contributed by atoms with Gasteiger partial charge in [0.25, 0.3) is 0 Å². The molecule has 1 aromatic rings. The van der Waals surface area contributed by atoms with Crippen LogP contribution >= 0.6 is 24.0 Å². The molecule has 0 atom stereocenters. The van der Waals surface area contributed by atoms with Crippen molar-refractivity contribution in [2.75, 3.05) is 27.3 Å². The molecule has 0 heterocycles. The number of rotatable bonds is 7. The second kappa shape index (κ2) is 11.9. The van der Waals surface area contributed by atoms with Gasteiger partial charge in [0.15, 0.2) is 5.96 Å². The predicted molar refractivity (Wildman–Crippen MR) is 115 cm³/mol. The molecular weight excluding hydrogens is 447 g/mol. The fourth-order valence-electron chi connectivity index (χ4n) is 1.94. The van der Waals surface area contributed by atoms with E-state index in [1.165, 1.54) is 0 Å². The highest BCUT2D eigenvalue weighted by Gasteiger charge is 2.19. The van der Waals surface area contributed by atoms with Gasteiger partial charge in [0.05, 0.1) is 13.2 Å². The smallest absolute Gasteiger partial charge is 0.410 e. The second-order valence-corrected chi connectivity index (χ2v) is 6.77.